The van der Waals surface area contributed by atoms with Crippen molar-refractivity contribution in [1.29, 1.82) is 0 Å². The average molecular weight is 303 g/mol. The predicted molar refractivity (Wildman–Crippen MR) is 86.9 cm³/mol. The van der Waals surface area contributed by atoms with Gasteiger partial charge < -0.3 is 15.0 Å². The quantitative estimate of drug-likeness (QED) is 0.921. The monoisotopic (exact) mass is 303 g/mol. The molecule has 0 aliphatic carbocycles. The van der Waals surface area contributed by atoms with Crippen LogP contribution in [0, 0.1) is 6.92 Å². The summed E-state index contributed by atoms with van der Waals surface area (Å²) in [4.78, 5) is 7.93. The van der Waals surface area contributed by atoms with Crippen LogP contribution in [-0.2, 0) is 17.8 Å². The van der Waals surface area contributed by atoms with Crippen LogP contribution in [0.5, 0.6) is 0 Å². The zero-order valence-corrected chi connectivity index (χ0v) is 13.2. The molecule has 112 valence electrons. The van der Waals surface area contributed by atoms with E-state index in [1.807, 2.05) is 13.1 Å². The van der Waals surface area contributed by atoms with Crippen molar-refractivity contribution in [1.82, 2.24) is 10.3 Å². The number of benzene rings is 1. The van der Waals surface area contributed by atoms with Crippen LogP contribution in [0.4, 0.5) is 5.69 Å². The maximum absolute atomic E-state index is 5.39. The Hall–Kier alpha value is -1.43. The van der Waals surface area contributed by atoms with Crippen molar-refractivity contribution in [3.8, 4) is 0 Å². The van der Waals surface area contributed by atoms with Crippen molar-refractivity contribution in [2.75, 3.05) is 31.2 Å². The third-order valence-electron chi connectivity index (χ3n) is 3.61. The number of hydrogen-bond acceptors (Lipinski definition) is 5. The van der Waals surface area contributed by atoms with E-state index in [4.69, 9.17) is 4.74 Å². The molecule has 0 unspecified atom stereocenters. The summed E-state index contributed by atoms with van der Waals surface area (Å²) >= 11 is 1.75. The van der Waals surface area contributed by atoms with Gasteiger partial charge in [-0.05, 0) is 24.6 Å². The van der Waals surface area contributed by atoms with Crippen LogP contribution in [0.1, 0.15) is 15.4 Å². The first-order valence-electron chi connectivity index (χ1n) is 7.35. The Kier molecular flexibility index (Phi) is 4.85. The van der Waals surface area contributed by atoms with Crippen LogP contribution in [0.15, 0.2) is 30.5 Å². The minimum absolute atomic E-state index is 0.831. The van der Waals surface area contributed by atoms with E-state index < -0.39 is 0 Å². The number of hydrogen-bond donors (Lipinski definition) is 1. The van der Waals surface area contributed by atoms with Crippen molar-refractivity contribution in [3.63, 3.8) is 0 Å². The third-order valence-corrected chi connectivity index (χ3v) is 4.52. The number of aromatic nitrogens is 1. The summed E-state index contributed by atoms with van der Waals surface area (Å²) in [6.07, 6.45) is 1.95. The topological polar surface area (TPSA) is 37.4 Å². The Bertz CT molecular complexity index is 561. The fraction of sp³-hybridized carbons (Fsp3) is 0.438. The number of aryl methyl sites for hydroxylation is 1. The van der Waals surface area contributed by atoms with E-state index in [0.29, 0.717) is 0 Å². The molecule has 0 atom stereocenters. The second kappa shape index (κ2) is 7.02. The SMILES string of the molecule is Cc1ncc(CNCc2ccc(N3CCOCC3)cc2)s1. The van der Waals surface area contributed by atoms with E-state index in [1.165, 1.54) is 16.1 Å². The van der Waals surface area contributed by atoms with Crippen LogP contribution in [-0.4, -0.2) is 31.3 Å². The highest BCUT2D eigenvalue weighted by Crippen LogP contribution is 2.17. The highest BCUT2D eigenvalue weighted by atomic mass is 32.1. The van der Waals surface area contributed by atoms with Gasteiger partial charge >= 0.3 is 0 Å². The van der Waals surface area contributed by atoms with Gasteiger partial charge in [0.2, 0.25) is 0 Å². The van der Waals surface area contributed by atoms with E-state index in [1.54, 1.807) is 11.3 Å². The van der Waals surface area contributed by atoms with Crippen molar-refractivity contribution >= 4 is 17.0 Å². The molecule has 0 saturated carbocycles. The first kappa shape index (κ1) is 14.5. The fourth-order valence-corrected chi connectivity index (χ4v) is 3.23. The van der Waals surface area contributed by atoms with E-state index in [0.717, 1.165) is 44.4 Å². The molecule has 4 nitrogen and oxygen atoms in total. The Morgan fingerprint density at radius 3 is 2.62 bits per heavy atom. The molecule has 1 N–H and O–H groups in total. The van der Waals surface area contributed by atoms with E-state index in [2.05, 4.69) is 39.5 Å². The van der Waals surface area contributed by atoms with Gasteiger partial charge in [0.05, 0.1) is 18.2 Å². The Labute approximate surface area is 129 Å². The molecule has 0 bridgehead atoms. The molecule has 3 rings (SSSR count). The van der Waals surface area contributed by atoms with Gasteiger partial charge in [-0.2, -0.15) is 0 Å². The van der Waals surface area contributed by atoms with Crippen LogP contribution >= 0.6 is 11.3 Å². The number of ether oxygens (including phenoxy) is 1. The minimum atomic E-state index is 0.831. The third kappa shape index (κ3) is 4.03. The summed E-state index contributed by atoms with van der Waals surface area (Å²) in [6.45, 7) is 7.45. The van der Waals surface area contributed by atoms with Crippen molar-refractivity contribution in [2.24, 2.45) is 0 Å². The Balaban J connectivity index is 1.49. The van der Waals surface area contributed by atoms with Crippen LogP contribution in [0.3, 0.4) is 0 Å². The van der Waals surface area contributed by atoms with Crippen LogP contribution < -0.4 is 10.2 Å². The molecular formula is C16H21N3OS. The lowest BCUT2D eigenvalue weighted by molar-refractivity contribution is 0.122. The van der Waals surface area contributed by atoms with Gasteiger partial charge in [0.1, 0.15) is 0 Å². The molecule has 2 aromatic rings. The van der Waals surface area contributed by atoms with E-state index in [9.17, 15) is 0 Å². The number of nitrogens with zero attached hydrogens (tertiary/aromatic N) is 2. The molecule has 1 aromatic heterocycles. The zero-order chi connectivity index (χ0) is 14.5. The normalized spacial score (nSPS) is 15.4. The summed E-state index contributed by atoms with van der Waals surface area (Å²) in [7, 11) is 0. The molecule has 1 fully saturated rings. The summed E-state index contributed by atoms with van der Waals surface area (Å²) in [5.74, 6) is 0. The highest BCUT2D eigenvalue weighted by Gasteiger charge is 2.10. The van der Waals surface area contributed by atoms with Gasteiger partial charge in [-0.25, -0.2) is 4.98 Å². The molecule has 1 aliphatic rings. The van der Waals surface area contributed by atoms with Gasteiger partial charge in [-0.15, -0.1) is 11.3 Å². The molecule has 21 heavy (non-hydrogen) atoms. The molecule has 2 heterocycles. The Morgan fingerprint density at radius 1 is 1.19 bits per heavy atom. The largest absolute Gasteiger partial charge is 0.378 e. The van der Waals surface area contributed by atoms with Crippen molar-refractivity contribution in [2.45, 2.75) is 20.0 Å². The molecule has 0 radical (unpaired) electrons. The van der Waals surface area contributed by atoms with Gasteiger partial charge in [0.15, 0.2) is 0 Å². The van der Waals surface area contributed by atoms with Gasteiger partial charge in [-0.1, -0.05) is 12.1 Å². The molecule has 1 aromatic carbocycles. The highest BCUT2D eigenvalue weighted by molar-refractivity contribution is 7.11. The first-order valence-corrected chi connectivity index (χ1v) is 8.16. The second-order valence-electron chi connectivity index (χ2n) is 5.22. The van der Waals surface area contributed by atoms with Crippen molar-refractivity contribution < 1.29 is 4.74 Å². The second-order valence-corrected chi connectivity index (χ2v) is 6.53. The fourth-order valence-electron chi connectivity index (χ4n) is 2.46. The summed E-state index contributed by atoms with van der Waals surface area (Å²) < 4.78 is 5.39. The van der Waals surface area contributed by atoms with Gasteiger partial charge in [-0.3, -0.25) is 0 Å². The van der Waals surface area contributed by atoms with E-state index in [-0.39, 0.29) is 0 Å². The van der Waals surface area contributed by atoms with Gasteiger partial charge in [0.25, 0.3) is 0 Å². The Morgan fingerprint density at radius 2 is 1.95 bits per heavy atom. The van der Waals surface area contributed by atoms with Crippen LogP contribution in [0.2, 0.25) is 0 Å². The maximum Gasteiger partial charge on any atom is 0.0897 e. The molecule has 1 saturated heterocycles. The number of thiazole rings is 1. The lowest BCUT2D eigenvalue weighted by atomic mass is 10.2. The average Bonchev–Trinajstić information content (AvgIpc) is 2.94. The first-order chi connectivity index (χ1) is 10.3. The van der Waals surface area contributed by atoms with Crippen LogP contribution in [0.25, 0.3) is 0 Å². The van der Waals surface area contributed by atoms with Crippen molar-refractivity contribution in [3.05, 3.63) is 45.9 Å². The molecule has 5 heteroatoms. The number of nitrogens with one attached hydrogen (secondary N) is 1. The molecular weight excluding hydrogens is 282 g/mol. The lowest BCUT2D eigenvalue weighted by Gasteiger charge is -2.28. The number of rotatable bonds is 5. The molecule has 1 aliphatic heterocycles. The van der Waals surface area contributed by atoms with E-state index >= 15 is 0 Å². The smallest absolute Gasteiger partial charge is 0.0897 e. The predicted octanol–water partition coefficient (Wildman–Crippen LogP) is 2.58. The van der Waals surface area contributed by atoms with Gasteiger partial charge in [0, 0.05) is 42.9 Å². The molecule has 0 spiro atoms. The minimum Gasteiger partial charge on any atom is -0.378 e. The number of anilines is 1. The number of morpholine rings is 1. The lowest BCUT2D eigenvalue weighted by Crippen LogP contribution is -2.36. The summed E-state index contributed by atoms with van der Waals surface area (Å²) in [6, 6.07) is 8.82. The standard InChI is InChI=1S/C16H21N3OS/c1-13-18-12-16(21-13)11-17-10-14-2-4-15(5-3-14)19-6-8-20-9-7-19/h2-5,12,17H,6-11H2,1H3. The molecule has 0 amide bonds. The summed E-state index contributed by atoms with van der Waals surface area (Å²) in [5.41, 5.74) is 2.60. The zero-order valence-electron chi connectivity index (χ0n) is 12.3. The summed E-state index contributed by atoms with van der Waals surface area (Å²) in [5, 5.41) is 4.59. The maximum atomic E-state index is 5.39.